The number of nitrogens with zero attached hydrogens (tertiary/aromatic N) is 2. The van der Waals surface area contributed by atoms with E-state index in [2.05, 4.69) is 15.6 Å². The van der Waals surface area contributed by atoms with Crippen LogP contribution >= 0.6 is 0 Å². The number of hydrogen-bond donors (Lipinski definition) is 2. The molecule has 1 rings (SSSR count). The number of nitrogens with one attached hydrogen (secondary N) is 2. The normalized spacial score (nSPS) is 12.7. The average Bonchev–Trinajstić information content (AvgIpc) is 2.92. The molecule has 1 heterocycles. The third-order valence-electron chi connectivity index (χ3n) is 2.78. The molecular weight excluding hydrogens is 297 g/mol. The molecule has 0 aliphatic carbocycles. The monoisotopic (exact) mass is 320 g/mol. The van der Waals surface area contributed by atoms with Gasteiger partial charge in [-0.3, -0.25) is 4.90 Å². The lowest BCUT2D eigenvalue weighted by atomic mass is 10.4. The Morgan fingerprint density at radius 2 is 2.14 bits per heavy atom. The van der Waals surface area contributed by atoms with Gasteiger partial charge in [-0.25, -0.2) is 4.99 Å². The van der Waals surface area contributed by atoms with Gasteiger partial charge in [0.2, 0.25) is 0 Å². The van der Waals surface area contributed by atoms with Crippen LogP contribution in [0, 0.1) is 0 Å². The van der Waals surface area contributed by atoms with E-state index in [1.165, 1.54) is 11.9 Å². The summed E-state index contributed by atoms with van der Waals surface area (Å²) in [6.45, 7) is 3.09. The molecule has 0 amide bonds. The van der Waals surface area contributed by atoms with Crippen molar-refractivity contribution in [2.45, 2.75) is 26.1 Å². The zero-order chi connectivity index (χ0) is 16.4. The topological polar surface area (TPSA) is 52.8 Å². The first kappa shape index (κ1) is 18.3. The number of hydrogen-bond acceptors (Lipinski definition) is 3. The van der Waals surface area contributed by atoms with Gasteiger partial charge in [0.25, 0.3) is 0 Å². The van der Waals surface area contributed by atoms with Crippen LogP contribution in [0.1, 0.15) is 19.1 Å². The first-order valence-corrected chi connectivity index (χ1v) is 7.20. The molecule has 0 aliphatic heterocycles. The first-order chi connectivity index (χ1) is 10.4. The number of halogens is 3. The maximum atomic E-state index is 12.2. The summed E-state index contributed by atoms with van der Waals surface area (Å²) >= 11 is 0. The average molecular weight is 320 g/mol. The molecule has 0 radical (unpaired) electrons. The Bertz CT molecular complexity index is 432. The molecule has 0 aliphatic rings. The summed E-state index contributed by atoms with van der Waals surface area (Å²) in [5.41, 5.74) is 0. The quantitative estimate of drug-likeness (QED) is 0.438. The maximum Gasteiger partial charge on any atom is 0.401 e. The third kappa shape index (κ3) is 8.56. The van der Waals surface area contributed by atoms with Gasteiger partial charge >= 0.3 is 6.18 Å². The Balaban J connectivity index is 2.28. The van der Waals surface area contributed by atoms with Crippen molar-refractivity contribution in [2.75, 3.05) is 33.2 Å². The fourth-order valence-electron chi connectivity index (χ4n) is 1.84. The van der Waals surface area contributed by atoms with Crippen LogP contribution in [0.15, 0.2) is 27.8 Å². The number of rotatable bonds is 8. The Morgan fingerprint density at radius 3 is 2.73 bits per heavy atom. The molecule has 1 aromatic heterocycles. The van der Waals surface area contributed by atoms with E-state index >= 15 is 0 Å². The minimum Gasteiger partial charge on any atom is -0.467 e. The first-order valence-electron chi connectivity index (χ1n) is 7.20. The van der Waals surface area contributed by atoms with E-state index in [4.69, 9.17) is 4.42 Å². The van der Waals surface area contributed by atoms with Gasteiger partial charge in [-0.2, -0.15) is 13.2 Å². The van der Waals surface area contributed by atoms with Crippen molar-refractivity contribution in [3.63, 3.8) is 0 Å². The van der Waals surface area contributed by atoms with Crippen LogP contribution < -0.4 is 10.6 Å². The predicted molar refractivity (Wildman–Crippen MR) is 79.7 cm³/mol. The number of alkyl halides is 3. The summed E-state index contributed by atoms with van der Waals surface area (Å²) in [7, 11) is 1.46. The number of aliphatic imine (C=N–C) groups is 1. The highest BCUT2D eigenvalue weighted by Gasteiger charge is 2.28. The summed E-state index contributed by atoms with van der Waals surface area (Å²) in [6, 6.07) is 3.63. The van der Waals surface area contributed by atoms with Crippen molar-refractivity contribution in [2.24, 2.45) is 4.99 Å². The van der Waals surface area contributed by atoms with Gasteiger partial charge in [0.05, 0.1) is 12.8 Å². The zero-order valence-corrected chi connectivity index (χ0v) is 12.9. The fraction of sp³-hybridized carbons (Fsp3) is 0.643. The second-order valence-corrected chi connectivity index (χ2v) is 4.91. The molecule has 8 heteroatoms. The van der Waals surface area contributed by atoms with Gasteiger partial charge in [-0.05, 0) is 39.1 Å². The van der Waals surface area contributed by atoms with E-state index in [1.807, 2.05) is 13.0 Å². The Hall–Kier alpha value is -1.70. The van der Waals surface area contributed by atoms with Crippen LogP contribution in [-0.4, -0.2) is 50.3 Å². The van der Waals surface area contributed by atoms with Crippen molar-refractivity contribution in [1.29, 1.82) is 0 Å². The lowest BCUT2D eigenvalue weighted by Crippen LogP contribution is -2.39. The molecule has 0 unspecified atom stereocenters. The molecule has 22 heavy (non-hydrogen) atoms. The molecule has 0 spiro atoms. The van der Waals surface area contributed by atoms with E-state index in [0.29, 0.717) is 38.6 Å². The maximum absolute atomic E-state index is 12.2. The number of guanidine groups is 1. The predicted octanol–water partition coefficient (Wildman–Crippen LogP) is 2.22. The van der Waals surface area contributed by atoms with Gasteiger partial charge < -0.3 is 15.1 Å². The second kappa shape index (κ2) is 9.34. The smallest absolute Gasteiger partial charge is 0.401 e. The number of furan rings is 1. The molecule has 5 nitrogen and oxygen atoms in total. The van der Waals surface area contributed by atoms with Crippen molar-refractivity contribution in [3.8, 4) is 0 Å². The van der Waals surface area contributed by atoms with E-state index < -0.39 is 12.7 Å². The minimum absolute atomic E-state index is 0.365. The van der Waals surface area contributed by atoms with Gasteiger partial charge in [0.15, 0.2) is 5.96 Å². The van der Waals surface area contributed by atoms with Crippen molar-refractivity contribution < 1.29 is 17.6 Å². The highest BCUT2D eigenvalue weighted by molar-refractivity contribution is 5.79. The summed E-state index contributed by atoms with van der Waals surface area (Å²) < 4.78 is 41.7. The molecule has 0 fully saturated rings. The molecule has 0 saturated carbocycles. The Morgan fingerprint density at radius 1 is 1.36 bits per heavy atom. The van der Waals surface area contributed by atoms with Crippen LogP contribution in [0.4, 0.5) is 13.2 Å². The molecule has 0 saturated heterocycles. The van der Waals surface area contributed by atoms with Crippen LogP contribution in [0.5, 0.6) is 0 Å². The van der Waals surface area contributed by atoms with Crippen LogP contribution in [0.25, 0.3) is 0 Å². The van der Waals surface area contributed by atoms with Gasteiger partial charge in [-0.15, -0.1) is 0 Å². The largest absolute Gasteiger partial charge is 0.467 e. The second-order valence-electron chi connectivity index (χ2n) is 4.91. The van der Waals surface area contributed by atoms with E-state index in [0.717, 1.165) is 5.76 Å². The highest BCUT2D eigenvalue weighted by Crippen LogP contribution is 2.15. The van der Waals surface area contributed by atoms with Crippen molar-refractivity contribution >= 4 is 5.96 Å². The molecule has 2 N–H and O–H groups in total. The fourth-order valence-corrected chi connectivity index (χ4v) is 1.84. The molecular formula is C14H23F3N4O. The van der Waals surface area contributed by atoms with E-state index in [9.17, 15) is 13.2 Å². The van der Waals surface area contributed by atoms with E-state index in [1.54, 1.807) is 12.3 Å². The molecule has 0 aromatic carbocycles. The lowest BCUT2D eigenvalue weighted by molar-refractivity contribution is -0.143. The van der Waals surface area contributed by atoms with Crippen LogP contribution in [0.2, 0.25) is 0 Å². The SMILES string of the molecule is CCNC(=NCc1ccco1)NCCCN(C)CC(F)(F)F. The van der Waals surface area contributed by atoms with Crippen molar-refractivity contribution in [3.05, 3.63) is 24.2 Å². The molecule has 1 aromatic rings. The standard InChI is InChI=1S/C14H23F3N4O/c1-3-18-13(20-10-12-6-4-9-22-12)19-7-5-8-21(2)11-14(15,16)17/h4,6,9H,3,5,7-8,10-11H2,1-2H3,(H2,18,19,20). The summed E-state index contributed by atoms with van der Waals surface area (Å²) in [5, 5.41) is 6.17. The molecule has 0 atom stereocenters. The zero-order valence-electron chi connectivity index (χ0n) is 12.9. The van der Waals surface area contributed by atoms with Crippen LogP contribution in [0.3, 0.4) is 0 Å². The van der Waals surface area contributed by atoms with E-state index in [-0.39, 0.29) is 0 Å². The van der Waals surface area contributed by atoms with Crippen LogP contribution in [-0.2, 0) is 6.54 Å². The Labute approximate surface area is 128 Å². The molecule has 126 valence electrons. The van der Waals surface area contributed by atoms with Gasteiger partial charge in [0, 0.05) is 13.1 Å². The highest BCUT2D eigenvalue weighted by atomic mass is 19.4. The lowest BCUT2D eigenvalue weighted by Gasteiger charge is -2.18. The molecule has 0 bridgehead atoms. The Kier molecular flexibility index (Phi) is 7.79. The van der Waals surface area contributed by atoms with Crippen molar-refractivity contribution in [1.82, 2.24) is 15.5 Å². The summed E-state index contributed by atoms with van der Waals surface area (Å²) in [5.74, 6) is 1.37. The summed E-state index contributed by atoms with van der Waals surface area (Å²) in [4.78, 5) is 5.60. The third-order valence-corrected chi connectivity index (χ3v) is 2.78. The minimum atomic E-state index is -4.15. The van der Waals surface area contributed by atoms with Gasteiger partial charge in [0.1, 0.15) is 12.3 Å². The summed E-state index contributed by atoms with van der Waals surface area (Å²) in [6.07, 6.45) is -1.97. The van der Waals surface area contributed by atoms with Gasteiger partial charge in [-0.1, -0.05) is 0 Å².